The molecular formula is C41H34FN7O2. The van der Waals surface area contributed by atoms with Crippen molar-refractivity contribution in [3.8, 4) is 23.7 Å². The van der Waals surface area contributed by atoms with Crippen LogP contribution in [0.5, 0.6) is 0 Å². The van der Waals surface area contributed by atoms with Crippen LogP contribution < -0.4 is 0 Å². The first-order valence-corrected chi connectivity index (χ1v) is 16.3. The molecule has 51 heavy (non-hydrogen) atoms. The highest BCUT2D eigenvalue weighted by atomic mass is 19.1. The Balaban J connectivity index is 0.000000170. The lowest BCUT2D eigenvalue weighted by molar-refractivity contribution is 0.374. The summed E-state index contributed by atoms with van der Waals surface area (Å²) in [6, 6.07) is 33.7. The molecule has 0 saturated heterocycles. The molecule has 5 heterocycles. The number of halogens is 1. The highest BCUT2D eigenvalue weighted by molar-refractivity contribution is 5.27. The third kappa shape index (κ3) is 13.3. The molecule has 0 aliphatic rings. The van der Waals surface area contributed by atoms with E-state index in [4.69, 9.17) is 9.05 Å². The van der Waals surface area contributed by atoms with Gasteiger partial charge < -0.3 is 9.05 Å². The van der Waals surface area contributed by atoms with Gasteiger partial charge in [-0.15, -0.1) is 0 Å². The van der Waals surface area contributed by atoms with Crippen LogP contribution in [0.25, 0.3) is 0 Å². The SMILES string of the molecule is C(#Cc1ccccn1)CCc1nc(Cc2ccccc2)no1.Fc1ccccc1Cc1noc(CCC#Cc2ccccn2)n1.c1ccncc1. The minimum absolute atomic E-state index is 0.264. The number of nitrogens with zero attached hydrogens (tertiary/aromatic N) is 7. The van der Waals surface area contributed by atoms with E-state index in [-0.39, 0.29) is 5.82 Å². The summed E-state index contributed by atoms with van der Waals surface area (Å²) in [5, 5.41) is 7.88. The predicted molar refractivity (Wildman–Crippen MR) is 190 cm³/mol. The van der Waals surface area contributed by atoms with Gasteiger partial charge in [0, 0.05) is 63.3 Å². The first kappa shape index (κ1) is 35.5. The third-order valence-corrected chi connectivity index (χ3v) is 6.79. The van der Waals surface area contributed by atoms with Crippen LogP contribution in [0.15, 0.2) is 143 Å². The highest BCUT2D eigenvalue weighted by Crippen LogP contribution is 2.12. The smallest absolute Gasteiger partial charge is 0.227 e. The van der Waals surface area contributed by atoms with Crippen LogP contribution in [0.2, 0.25) is 0 Å². The van der Waals surface area contributed by atoms with Crippen molar-refractivity contribution in [1.82, 2.24) is 35.2 Å². The second-order valence-corrected chi connectivity index (χ2v) is 10.7. The normalized spacial score (nSPS) is 9.82. The van der Waals surface area contributed by atoms with Gasteiger partial charge in [-0.3, -0.25) is 4.98 Å². The Labute approximate surface area is 296 Å². The fraction of sp³-hybridized carbons (Fsp3) is 0.146. The zero-order valence-electron chi connectivity index (χ0n) is 27.8. The molecule has 9 nitrogen and oxygen atoms in total. The molecule has 0 amide bonds. The Hall–Kier alpha value is -6.78. The maximum Gasteiger partial charge on any atom is 0.227 e. The Morgan fingerprint density at radius 1 is 0.529 bits per heavy atom. The van der Waals surface area contributed by atoms with Gasteiger partial charge in [-0.25, -0.2) is 14.4 Å². The molecule has 0 unspecified atom stereocenters. The summed E-state index contributed by atoms with van der Waals surface area (Å²) in [6.45, 7) is 0. The van der Waals surface area contributed by atoms with Crippen LogP contribution in [-0.4, -0.2) is 35.2 Å². The largest absolute Gasteiger partial charge is 0.339 e. The molecule has 0 atom stereocenters. The van der Waals surface area contributed by atoms with Crippen molar-refractivity contribution < 1.29 is 13.4 Å². The topological polar surface area (TPSA) is 117 Å². The molecule has 7 aromatic rings. The average molecular weight is 676 g/mol. The Morgan fingerprint density at radius 3 is 1.55 bits per heavy atom. The van der Waals surface area contributed by atoms with Gasteiger partial charge >= 0.3 is 0 Å². The van der Waals surface area contributed by atoms with Crippen molar-refractivity contribution in [2.24, 2.45) is 0 Å². The van der Waals surface area contributed by atoms with E-state index in [2.05, 4.69) is 58.9 Å². The fourth-order valence-electron chi connectivity index (χ4n) is 4.35. The van der Waals surface area contributed by atoms with E-state index in [9.17, 15) is 4.39 Å². The minimum atomic E-state index is -0.264. The number of pyridine rings is 3. The van der Waals surface area contributed by atoms with Crippen LogP contribution in [0, 0.1) is 29.5 Å². The van der Waals surface area contributed by atoms with Crippen LogP contribution in [0.1, 0.15) is 58.8 Å². The van der Waals surface area contributed by atoms with Crippen molar-refractivity contribution in [2.45, 2.75) is 38.5 Å². The summed E-state index contributed by atoms with van der Waals surface area (Å²) in [7, 11) is 0. The molecule has 252 valence electrons. The van der Waals surface area contributed by atoms with Crippen LogP contribution >= 0.6 is 0 Å². The summed E-state index contributed by atoms with van der Waals surface area (Å²) in [5.41, 5.74) is 3.23. The molecule has 0 N–H and O–H groups in total. The molecule has 2 aromatic carbocycles. The molecule has 0 bridgehead atoms. The predicted octanol–water partition coefficient (Wildman–Crippen LogP) is 7.30. The number of hydrogen-bond donors (Lipinski definition) is 0. The molecule has 0 aliphatic carbocycles. The van der Waals surface area contributed by atoms with E-state index < -0.39 is 0 Å². The van der Waals surface area contributed by atoms with Gasteiger partial charge in [0.25, 0.3) is 0 Å². The molecule has 0 aliphatic heterocycles. The summed E-state index contributed by atoms with van der Waals surface area (Å²) >= 11 is 0. The van der Waals surface area contributed by atoms with E-state index in [1.165, 1.54) is 11.6 Å². The number of rotatable bonds is 8. The molecule has 0 spiro atoms. The minimum Gasteiger partial charge on any atom is -0.339 e. The van der Waals surface area contributed by atoms with Gasteiger partial charge in [0.2, 0.25) is 11.8 Å². The summed E-state index contributed by atoms with van der Waals surface area (Å²) in [5.74, 6) is 14.1. The van der Waals surface area contributed by atoms with Crippen molar-refractivity contribution in [2.75, 3.05) is 0 Å². The Bertz CT molecular complexity index is 2110. The second kappa shape index (κ2) is 20.6. The van der Waals surface area contributed by atoms with Gasteiger partial charge in [0.05, 0.1) is 0 Å². The van der Waals surface area contributed by atoms with Crippen molar-refractivity contribution in [3.63, 3.8) is 0 Å². The number of aryl methyl sites for hydroxylation is 2. The molecule has 0 fully saturated rings. The molecule has 0 radical (unpaired) electrons. The van der Waals surface area contributed by atoms with Crippen LogP contribution in [-0.2, 0) is 25.7 Å². The lowest BCUT2D eigenvalue weighted by Crippen LogP contribution is -1.94. The van der Waals surface area contributed by atoms with E-state index >= 15 is 0 Å². The van der Waals surface area contributed by atoms with Gasteiger partial charge in [0.15, 0.2) is 11.6 Å². The maximum absolute atomic E-state index is 13.6. The monoisotopic (exact) mass is 675 g/mol. The quantitative estimate of drug-likeness (QED) is 0.153. The Morgan fingerprint density at radius 2 is 1.04 bits per heavy atom. The zero-order chi connectivity index (χ0) is 35.2. The second-order valence-electron chi connectivity index (χ2n) is 10.7. The van der Waals surface area contributed by atoms with Gasteiger partial charge in [0.1, 0.15) is 17.2 Å². The summed E-state index contributed by atoms with van der Waals surface area (Å²) in [4.78, 5) is 20.7. The molecule has 7 rings (SSSR count). The van der Waals surface area contributed by atoms with Gasteiger partial charge in [-0.2, -0.15) is 9.97 Å². The van der Waals surface area contributed by atoms with Crippen molar-refractivity contribution in [3.05, 3.63) is 186 Å². The highest BCUT2D eigenvalue weighted by Gasteiger charge is 2.09. The van der Waals surface area contributed by atoms with Crippen LogP contribution in [0.3, 0.4) is 0 Å². The van der Waals surface area contributed by atoms with Crippen molar-refractivity contribution in [1.29, 1.82) is 0 Å². The standard InChI is InChI=1S/C18H14FN3O.C18H15N3O.C5H5N/c19-16-10-3-1-7-14(16)13-17-21-18(23-22-17)11-4-2-8-15-9-5-6-12-20-15;1-2-8-15(9-3-1)14-17-20-18(22-21-17)12-5-4-10-16-11-6-7-13-19-16;1-2-4-6-5-3-1/h1,3,5-7,9-10,12H,4,11,13H2;1-3,6-9,11,13H,5,12,14H2;1-5H. The van der Waals surface area contributed by atoms with E-state index in [0.29, 0.717) is 67.5 Å². The first-order chi connectivity index (χ1) is 25.2. The molecule has 10 heteroatoms. The fourth-order valence-corrected chi connectivity index (χ4v) is 4.35. The van der Waals surface area contributed by atoms with Gasteiger partial charge in [-0.05, 0) is 65.4 Å². The first-order valence-electron chi connectivity index (χ1n) is 16.3. The summed E-state index contributed by atoms with van der Waals surface area (Å²) < 4.78 is 24.0. The van der Waals surface area contributed by atoms with E-state index in [0.717, 1.165) is 11.4 Å². The number of benzene rings is 2. The van der Waals surface area contributed by atoms with Crippen LogP contribution in [0.4, 0.5) is 4.39 Å². The zero-order valence-corrected chi connectivity index (χ0v) is 27.8. The third-order valence-electron chi connectivity index (χ3n) is 6.79. The maximum atomic E-state index is 13.6. The Kier molecular flexibility index (Phi) is 14.3. The van der Waals surface area contributed by atoms with Crippen molar-refractivity contribution >= 4 is 0 Å². The van der Waals surface area contributed by atoms with E-state index in [1.54, 1.807) is 43.0 Å². The summed E-state index contributed by atoms with van der Waals surface area (Å²) in [6.07, 6.45) is 10.4. The molecular weight excluding hydrogens is 641 g/mol. The lowest BCUT2D eigenvalue weighted by Gasteiger charge is -1.97. The molecule has 0 saturated carbocycles. The average Bonchev–Trinajstić information content (AvgIpc) is 3.84. The van der Waals surface area contributed by atoms with Gasteiger partial charge in [-0.1, -0.05) is 88.9 Å². The van der Waals surface area contributed by atoms with E-state index in [1.807, 2.05) is 84.9 Å². The lowest BCUT2D eigenvalue weighted by atomic mass is 10.1. The number of hydrogen-bond acceptors (Lipinski definition) is 9. The number of aromatic nitrogens is 7. The molecule has 5 aromatic heterocycles.